The van der Waals surface area contributed by atoms with Crippen LogP contribution < -0.4 is 5.32 Å². The van der Waals surface area contributed by atoms with Crippen molar-refractivity contribution in [3.05, 3.63) is 39.9 Å². The number of aryl methyl sites for hydroxylation is 2. The van der Waals surface area contributed by atoms with Crippen LogP contribution in [0.3, 0.4) is 0 Å². The minimum atomic E-state index is -0.217. The molecule has 1 amide bonds. The lowest BCUT2D eigenvalue weighted by Gasteiger charge is -2.08. The normalized spacial score (nSPS) is 9.86. The van der Waals surface area contributed by atoms with E-state index >= 15 is 0 Å². The minimum Gasteiger partial charge on any atom is -0.395 e. The van der Waals surface area contributed by atoms with Crippen LogP contribution in [0.15, 0.2) is 18.2 Å². The van der Waals surface area contributed by atoms with Gasteiger partial charge < -0.3 is 10.4 Å². The number of benzene rings is 1. The summed E-state index contributed by atoms with van der Waals surface area (Å²) in [5, 5.41) is 15.4. The van der Waals surface area contributed by atoms with Crippen LogP contribution in [0.4, 0.5) is 5.69 Å². The highest BCUT2D eigenvalue weighted by Gasteiger charge is 2.14. The number of anilines is 1. The van der Waals surface area contributed by atoms with Gasteiger partial charge in [0, 0.05) is 17.7 Å². The molecule has 1 aromatic heterocycles. The third-order valence-electron chi connectivity index (χ3n) is 2.81. The van der Waals surface area contributed by atoms with E-state index in [1.54, 1.807) is 6.92 Å². The second-order valence-electron chi connectivity index (χ2n) is 4.45. The average molecular weight is 301 g/mol. The Morgan fingerprint density at radius 3 is 2.90 bits per heavy atom. The quantitative estimate of drug-likeness (QED) is 0.852. The zero-order chi connectivity index (χ0) is 15.2. The molecule has 5 nitrogen and oxygen atoms in total. The number of aliphatic hydroxyl groups excluding tert-OH is 1. The summed E-state index contributed by atoms with van der Waals surface area (Å²) < 4.78 is 3.76. The molecule has 0 bridgehead atoms. The molecular weight excluding hydrogens is 286 g/mol. The Morgan fingerprint density at radius 1 is 1.43 bits per heavy atom. The SMILES string of the molecule is Cc1ccc(C#CCCO)cc1NC(=O)c1snnc1C. The van der Waals surface area contributed by atoms with Gasteiger partial charge in [0.1, 0.15) is 4.88 Å². The van der Waals surface area contributed by atoms with Crippen LogP contribution in [-0.4, -0.2) is 27.2 Å². The number of aromatic nitrogens is 2. The number of nitrogens with zero attached hydrogens (tertiary/aromatic N) is 2. The molecular formula is C15H15N3O2S. The maximum atomic E-state index is 12.2. The number of aliphatic hydroxyl groups is 1. The molecule has 0 aliphatic heterocycles. The first-order valence-corrected chi connectivity index (χ1v) is 7.20. The van der Waals surface area contributed by atoms with E-state index in [0.717, 1.165) is 22.7 Å². The third kappa shape index (κ3) is 3.88. The lowest BCUT2D eigenvalue weighted by Crippen LogP contribution is -2.12. The monoisotopic (exact) mass is 301 g/mol. The number of amides is 1. The Labute approximate surface area is 127 Å². The predicted octanol–water partition coefficient (Wildman–Crippen LogP) is 2.14. The average Bonchev–Trinajstić information content (AvgIpc) is 2.89. The van der Waals surface area contributed by atoms with Crippen molar-refractivity contribution in [3.63, 3.8) is 0 Å². The van der Waals surface area contributed by atoms with Crippen molar-refractivity contribution in [2.45, 2.75) is 20.3 Å². The Hall–Kier alpha value is -2.23. The molecule has 0 unspecified atom stereocenters. The molecule has 0 saturated carbocycles. The van der Waals surface area contributed by atoms with E-state index in [-0.39, 0.29) is 12.5 Å². The van der Waals surface area contributed by atoms with Crippen molar-refractivity contribution in [1.82, 2.24) is 9.59 Å². The summed E-state index contributed by atoms with van der Waals surface area (Å²) in [5.41, 5.74) is 3.08. The van der Waals surface area contributed by atoms with Gasteiger partial charge in [-0.1, -0.05) is 22.4 Å². The molecule has 1 aromatic carbocycles. The molecule has 2 aromatic rings. The van der Waals surface area contributed by atoms with E-state index in [0.29, 0.717) is 22.7 Å². The van der Waals surface area contributed by atoms with Crippen molar-refractivity contribution >= 4 is 23.1 Å². The van der Waals surface area contributed by atoms with E-state index in [1.807, 2.05) is 25.1 Å². The van der Waals surface area contributed by atoms with Crippen LogP contribution in [0.25, 0.3) is 0 Å². The van der Waals surface area contributed by atoms with Crippen LogP contribution in [0.2, 0.25) is 0 Å². The van der Waals surface area contributed by atoms with Gasteiger partial charge in [-0.05, 0) is 43.1 Å². The van der Waals surface area contributed by atoms with Gasteiger partial charge in [-0.25, -0.2) is 0 Å². The third-order valence-corrected chi connectivity index (χ3v) is 3.64. The first kappa shape index (κ1) is 15.2. The second-order valence-corrected chi connectivity index (χ2v) is 5.20. The summed E-state index contributed by atoms with van der Waals surface area (Å²) in [6, 6.07) is 5.60. The molecule has 108 valence electrons. The zero-order valence-electron chi connectivity index (χ0n) is 11.8. The Balaban J connectivity index is 2.20. The van der Waals surface area contributed by atoms with E-state index in [4.69, 9.17) is 5.11 Å². The molecule has 0 fully saturated rings. The minimum absolute atomic E-state index is 0.0418. The van der Waals surface area contributed by atoms with Crippen molar-refractivity contribution in [2.24, 2.45) is 0 Å². The van der Waals surface area contributed by atoms with E-state index in [1.165, 1.54) is 0 Å². The molecule has 21 heavy (non-hydrogen) atoms. The zero-order valence-corrected chi connectivity index (χ0v) is 12.6. The number of hydrogen-bond acceptors (Lipinski definition) is 5. The predicted molar refractivity (Wildman–Crippen MR) is 82.4 cm³/mol. The highest BCUT2D eigenvalue weighted by molar-refractivity contribution is 7.08. The van der Waals surface area contributed by atoms with Crippen molar-refractivity contribution < 1.29 is 9.90 Å². The summed E-state index contributed by atoms with van der Waals surface area (Å²) in [7, 11) is 0. The molecule has 0 aliphatic carbocycles. The fourth-order valence-electron chi connectivity index (χ4n) is 1.67. The van der Waals surface area contributed by atoms with Crippen LogP contribution in [-0.2, 0) is 0 Å². The highest BCUT2D eigenvalue weighted by Crippen LogP contribution is 2.19. The number of nitrogens with one attached hydrogen (secondary N) is 1. The first-order chi connectivity index (χ1) is 10.1. The topological polar surface area (TPSA) is 75.1 Å². The number of carbonyl (C=O) groups is 1. The lowest BCUT2D eigenvalue weighted by molar-refractivity contribution is 0.102. The molecule has 0 aliphatic rings. The van der Waals surface area contributed by atoms with Gasteiger partial charge in [0.15, 0.2) is 0 Å². The molecule has 0 atom stereocenters. The summed E-state index contributed by atoms with van der Waals surface area (Å²) in [6.07, 6.45) is 0.432. The molecule has 0 spiro atoms. The molecule has 6 heteroatoms. The number of carbonyl (C=O) groups excluding carboxylic acids is 1. The van der Waals surface area contributed by atoms with E-state index in [2.05, 4.69) is 26.7 Å². The highest BCUT2D eigenvalue weighted by atomic mass is 32.1. The van der Waals surface area contributed by atoms with Gasteiger partial charge in [-0.15, -0.1) is 5.10 Å². The fraction of sp³-hybridized carbons (Fsp3) is 0.267. The second kappa shape index (κ2) is 6.97. The standard InChI is InChI=1S/C15H15N3O2S/c1-10-6-7-12(5-3-4-8-19)9-13(10)16-15(20)14-11(2)17-18-21-14/h6-7,9,19H,4,8H2,1-2H3,(H,16,20). The van der Waals surface area contributed by atoms with Crippen LogP contribution in [0.1, 0.15) is 32.9 Å². The van der Waals surface area contributed by atoms with Crippen LogP contribution in [0, 0.1) is 25.7 Å². The Morgan fingerprint density at radius 2 is 2.24 bits per heavy atom. The Kier molecular flexibility index (Phi) is 5.04. The maximum absolute atomic E-state index is 12.2. The smallest absolute Gasteiger partial charge is 0.269 e. The maximum Gasteiger partial charge on any atom is 0.269 e. The van der Waals surface area contributed by atoms with E-state index < -0.39 is 0 Å². The van der Waals surface area contributed by atoms with Crippen molar-refractivity contribution in [2.75, 3.05) is 11.9 Å². The van der Waals surface area contributed by atoms with Gasteiger partial charge >= 0.3 is 0 Å². The van der Waals surface area contributed by atoms with Crippen molar-refractivity contribution in [1.29, 1.82) is 0 Å². The fourth-order valence-corrected chi connectivity index (χ4v) is 2.23. The summed E-state index contributed by atoms with van der Waals surface area (Å²) in [4.78, 5) is 12.7. The van der Waals surface area contributed by atoms with Crippen LogP contribution >= 0.6 is 11.5 Å². The molecule has 2 N–H and O–H groups in total. The van der Waals surface area contributed by atoms with Gasteiger partial charge in [-0.2, -0.15) is 0 Å². The van der Waals surface area contributed by atoms with Gasteiger partial charge in [-0.3, -0.25) is 4.79 Å². The largest absolute Gasteiger partial charge is 0.395 e. The van der Waals surface area contributed by atoms with Gasteiger partial charge in [0.25, 0.3) is 5.91 Å². The molecule has 1 heterocycles. The van der Waals surface area contributed by atoms with E-state index in [9.17, 15) is 4.79 Å². The number of rotatable bonds is 3. The summed E-state index contributed by atoms with van der Waals surface area (Å²) in [6.45, 7) is 3.71. The molecule has 2 rings (SSSR count). The van der Waals surface area contributed by atoms with Crippen LogP contribution in [0.5, 0.6) is 0 Å². The molecule has 0 radical (unpaired) electrons. The lowest BCUT2D eigenvalue weighted by atomic mass is 10.1. The first-order valence-electron chi connectivity index (χ1n) is 6.42. The molecule has 0 saturated heterocycles. The summed E-state index contributed by atoms with van der Waals surface area (Å²) in [5.74, 6) is 5.59. The van der Waals surface area contributed by atoms with Gasteiger partial charge in [0.2, 0.25) is 0 Å². The number of hydrogen-bond donors (Lipinski definition) is 2. The van der Waals surface area contributed by atoms with Crippen molar-refractivity contribution in [3.8, 4) is 11.8 Å². The summed E-state index contributed by atoms with van der Waals surface area (Å²) >= 11 is 1.07. The van der Waals surface area contributed by atoms with Gasteiger partial charge in [0.05, 0.1) is 12.3 Å². The Bertz CT molecular complexity index is 713.